The molecule has 5 nitrogen and oxygen atoms in total. The summed E-state index contributed by atoms with van der Waals surface area (Å²) in [5.41, 5.74) is 0.809. The van der Waals surface area contributed by atoms with E-state index in [9.17, 15) is 14.7 Å². The van der Waals surface area contributed by atoms with Crippen LogP contribution in [0.25, 0.3) is 10.2 Å². The highest BCUT2D eigenvalue weighted by atomic mass is 32.1. The number of aliphatic carboxylic acids is 1. The Kier molecular flexibility index (Phi) is 5.49. The molecule has 2 rings (SSSR count). The van der Waals surface area contributed by atoms with Crippen molar-refractivity contribution in [1.82, 2.24) is 4.57 Å². The van der Waals surface area contributed by atoms with Crippen molar-refractivity contribution in [2.24, 2.45) is 4.99 Å². The van der Waals surface area contributed by atoms with Crippen molar-refractivity contribution in [1.29, 1.82) is 0 Å². The van der Waals surface area contributed by atoms with E-state index in [0.717, 1.165) is 23.1 Å². The minimum atomic E-state index is -0.909. The Labute approximate surface area is 132 Å². The molecule has 0 aliphatic carbocycles. The highest BCUT2D eigenvalue weighted by Crippen LogP contribution is 2.22. The number of rotatable bonds is 6. The van der Waals surface area contributed by atoms with E-state index in [0.29, 0.717) is 17.6 Å². The Morgan fingerprint density at radius 2 is 2.05 bits per heavy atom. The summed E-state index contributed by atoms with van der Waals surface area (Å²) in [5.74, 6) is -1.10. The summed E-state index contributed by atoms with van der Waals surface area (Å²) in [4.78, 5) is 28.1. The maximum Gasteiger partial charge on any atom is 0.326 e. The normalized spacial score (nSPS) is 13.5. The topological polar surface area (TPSA) is 71.7 Å². The van der Waals surface area contributed by atoms with E-state index in [1.165, 1.54) is 11.3 Å². The molecule has 2 aromatic rings. The van der Waals surface area contributed by atoms with Crippen LogP contribution in [0.4, 0.5) is 0 Å². The lowest BCUT2D eigenvalue weighted by molar-refractivity contribution is -0.141. The summed E-state index contributed by atoms with van der Waals surface area (Å²) in [6.45, 7) is 3.84. The van der Waals surface area contributed by atoms with Crippen LogP contribution in [0.15, 0.2) is 29.3 Å². The molecule has 1 amide bonds. The Morgan fingerprint density at radius 3 is 2.68 bits per heavy atom. The third kappa shape index (κ3) is 3.44. The number of benzene rings is 1. The highest BCUT2D eigenvalue weighted by Gasteiger charge is 2.21. The molecule has 6 heteroatoms. The van der Waals surface area contributed by atoms with Crippen molar-refractivity contribution >= 4 is 33.4 Å². The standard InChI is InChI=1S/C16H20N2O3S/c1-3-5-10-14(19)17-16-18(11(4-2)15(20)21)12-8-6-7-9-13(12)22-16/h6-9,11H,3-5,10H2,1-2H3,(H,20,21). The first-order valence-electron chi connectivity index (χ1n) is 7.48. The lowest BCUT2D eigenvalue weighted by atomic mass is 10.2. The Bertz CT molecular complexity index is 745. The number of carboxylic acid groups (broad SMARTS) is 1. The minimum Gasteiger partial charge on any atom is -0.480 e. The van der Waals surface area contributed by atoms with Gasteiger partial charge in [-0.05, 0) is 25.0 Å². The summed E-state index contributed by atoms with van der Waals surface area (Å²) >= 11 is 1.36. The van der Waals surface area contributed by atoms with E-state index < -0.39 is 12.0 Å². The van der Waals surface area contributed by atoms with Crippen molar-refractivity contribution in [2.45, 2.75) is 45.6 Å². The van der Waals surface area contributed by atoms with Gasteiger partial charge in [0, 0.05) is 6.42 Å². The van der Waals surface area contributed by atoms with Crippen LogP contribution in [-0.2, 0) is 9.59 Å². The smallest absolute Gasteiger partial charge is 0.326 e. The van der Waals surface area contributed by atoms with E-state index in [1.807, 2.05) is 38.1 Å². The van der Waals surface area contributed by atoms with Gasteiger partial charge in [-0.15, -0.1) is 0 Å². The Balaban J connectivity index is 2.60. The van der Waals surface area contributed by atoms with Gasteiger partial charge in [-0.2, -0.15) is 4.99 Å². The molecule has 0 fully saturated rings. The number of carbonyl (C=O) groups excluding carboxylic acids is 1. The largest absolute Gasteiger partial charge is 0.480 e. The van der Waals surface area contributed by atoms with Gasteiger partial charge in [0.1, 0.15) is 6.04 Å². The third-order valence-corrected chi connectivity index (χ3v) is 4.52. The zero-order chi connectivity index (χ0) is 16.1. The van der Waals surface area contributed by atoms with Gasteiger partial charge in [-0.3, -0.25) is 4.79 Å². The lowest BCUT2D eigenvalue weighted by Crippen LogP contribution is -2.27. The molecule has 0 spiro atoms. The summed E-state index contributed by atoms with van der Waals surface area (Å²) in [6.07, 6.45) is 2.56. The monoisotopic (exact) mass is 320 g/mol. The van der Waals surface area contributed by atoms with Crippen LogP contribution in [0.2, 0.25) is 0 Å². The number of thiazole rings is 1. The molecule has 1 aromatic carbocycles. The van der Waals surface area contributed by atoms with E-state index in [2.05, 4.69) is 4.99 Å². The van der Waals surface area contributed by atoms with Gasteiger partial charge in [0.25, 0.3) is 0 Å². The van der Waals surface area contributed by atoms with Gasteiger partial charge in [0.05, 0.1) is 10.2 Å². The highest BCUT2D eigenvalue weighted by molar-refractivity contribution is 7.16. The molecule has 0 radical (unpaired) electrons. The molecule has 0 bridgehead atoms. The first-order valence-corrected chi connectivity index (χ1v) is 8.30. The van der Waals surface area contributed by atoms with Gasteiger partial charge < -0.3 is 9.67 Å². The van der Waals surface area contributed by atoms with Crippen LogP contribution < -0.4 is 4.80 Å². The quantitative estimate of drug-likeness (QED) is 0.887. The average molecular weight is 320 g/mol. The van der Waals surface area contributed by atoms with Crippen molar-refractivity contribution in [3.05, 3.63) is 29.1 Å². The van der Waals surface area contributed by atoms with Gasteiger partial charge in [-0.25, -0.2) is 4.79 Å². The maximum atomic E-state index is 12.0. The van der Waals surface area contributed by atoms with E-state index in [4.69, 9.17) is 0 Å². The predicted octanol–water partition coefficient (Wildman–Crippen LogP) is 3.36. The Hall–Kier alpha value is -1.95. The molecule has 0 saturated carbocycles. The average Bonchev–Trinajstić information content (AvgIpc) is 2.84. The van der Waals surface area contributed by atoms with Crippen LogP contribution in [-0.4, -0.2) is 21.6 Å². The summed E-state index contributed by atoms with van der Waals surface area (Å²) in [5, 5.41) is 9.46. The number of carboxylic acids is 1. The van der Waals surface area contributed by atoms with Crippen molar-refractivity contribution in [3.8, 4) is 0 Å². The molecule has 0 aliphatic heterocycles. The fourth-order valence-corrected chi connectivity index (χ4v) is 3.41. The zero-order valence-corrected chi connectivity index (χ0v) is 13.6. The maximum absolute atomic E-state index is 12.0. The molecular weight excluding hydrogens is 300 g/mol. The molecule has 1 atom stereocenters. The van der Waals surface area contributed by atoms with Gasteiger partial charge >= 0.3 is 5.97 Å². The number of carbonyl (C=O) groups is 2. The fourth-order valence-electron chi connectivity index (χ4n) is 2.33. The number of fused-ring (bicyclic) bond motifs is 1. The number of nitrogens with zero attached hydrogens (tertiary/aromatic N) is 2. The number of hydrogen-bond donors (Lipinski definition) is 1. The molecule has 118 valence electrons. The van der Waals surface area contributed by atoms with Crippen LogP contribution in [0.5, 0.6) is 0 Å². The molecule has 1 N–H and O–H groups in total. The number of hydrogen-bond acceptors (Lipinski definition) is 3. The summed E-state index contributed by atoms with van der Waals surface area (Å²) < 4.78 is 2.61. The number of unbranched alkanes of at least 4 members (excludes halogenated alkanes) is 1. The Morgan fingerprint density at radius 1 is 1.32 bits per heavy atom. The molecule has 22 heavy (non-hydrogen) atoms. The van der Waals surface area contributed by atoms with Gasteiger partial charge in [0.15, 0.2) is 4.80 Å². The van der Waals surface area contributed by atoms with Crippen molar-refractivity contribution < 1.29 is 14.7 Å². The van der Waals surface area contributed by atoms with Crippen LogP contribution in [0, 0.1) is 0 Å². The molecule has 1 aromatic heterocycles. The van der Waals surface area contributed by atoms with E-state index in [1.54, 1.807) is 4.57 Å². The lowest BCUT2D eigenvalue weighted by Gasteiger charge is -2.13. The predicted molar refractivity (Wildman–Crippen MR) is 86.9 cm³/mol. The molecule has 0 aliphatic rings. The fraction of sp³-hybridized carbons (Fsp3) is 0.438. The molecule has 1 heterocycles. The number of amides is 1. The van der Waals surface area contributed by atoms with E-state index >= 15 is 0 Å². The van der Waals surface area contributed by atoms with Gasteiger partial charge in [-0.1, -0.05) is 43.7 Å². The van der Waals surface area contributed by atoms with Crippen LogP contribution in [0.3, 0.4) is 0 Å². The molecular formula is C16H20N2O3S. The molecule has 1 unspecified atom stereocenters. The first-order chi connectivity index (χ1) is 10.6. The van der Waals surface area contributed by atoms with Gasteiger partial charge in [0.2, 0.25) is 5.91 Å². The SMILES string of the molecule is CCCCC(=O)N=c1sc2ccccc2n1C(CC)C(=O)O. The second-order valence-corrected chi connectivity index (χ2v) is 6.10. The summed E-state index contributed by atoms with van der Waals surface area (Å²) in [6, 6.07) is 6.83. The van der Waals surface area contributed by atoms with Crippen molar-refractivity contribution in [2.75, 3.05) is 0 Å². The first kappa shape index (κ1) is 16.4. The number of aromatic nitrogens is 1. The number of para-hydroxylation sites is 1. The summed E-state index contributed by atoms with van der Waals surface area (Å²) in [7, 11) is 0. The molecule has 0 saturated heterocycles. The minimum absolute atomic E-state index is 0.192. The van der Waals surface area contributed by atoms with Crippen LogP contribution in [0.1, 0.15) is 45.6 Å². The zero-order valence-electron chi connectivity index (χ0n) is 12.8. The second kappa shape index (κ2) is 7.35. The van der Waals surface area contributed by atoms with Crippen LogP contribution >= 0.6 is 11.3 Å². The van der Waals surface area contributed by atoms with Crippen molar-refractivity contribution in [3.63, 3.8) is 0 Å². The van der Waals surface area contributed by atoms with E-state index in [-0.39, 0.29) is 5.91 Å². The second-order valence-electron chi connectivity index (χ2n) is 5.09. The third-order valence-electron chi connectivity index (χ3n) is 3.48.